The third kappa shape index (κ3) is 6.03. The summed E-state index contributed by atoms with van der Waals surface area (Å²) in [6.07, 6.45) is -0.854. The number of hydrogen-bond donors (Lipinski definition) is 1. The summed E-state index contributed by atoms with van der Waals surface area (Å²) >= 11 is 0. The lowest BCUT2D eigenvalue weighted by Gasteiger charge is -2.13. The fraction of sp³-hybridized carbons (Fsp3) is 0.429. The van der Waals surface area contributed by atoms with Crippen LogP contribution in [0.2, 0.25) is 0 Å². The predicted molar refractivity (Wildman–Crippen MR) is 140 cm³/mol. The van der Waals surface area contributed by atoms with Crippen molar-refractivity contribution in [3.63, 3.8) is 0 Å². The van der Waals surface area contributed by atoms with Gasteiger partial charge >= 0.3 is 5.69 Å². The number of halogens is 2. The predicted octanol–water partition coefficient (Wildman–Crippen LogP) is 6.12. The molecular formula is C28H34F2N6O. The van der Waals surface area contributed by atoms with Gasteiger partial charge in [-0.25, -0.2) is 18.7 Å². The average Bonchev–Trinajstić information content (AvgIpc) is 3.49. The average molecular weight is 509 g/mol. The first-order valence-corrected chi connectivity index (χ1v) is 12.8. The molecule has 1 N–H and O–H groups in total. The highest BCUT2D eigenvalue weighted by atomic mass is 19.3. The van der Waals surface area contributed by atoms with E-state index in [2.05, 4.69) is 34.5 Å². The molecule has 0 unspecified atom stereocenters. The van der Waals surface area contributed by atoms with E-state index < -0.39 is 6.43 Å². The molecule has 0 atom stereocenters. The van der Waals surface area contributed by atoms with Crippen molar-refractivity contribution in [1.29, 1.82) is 0 Å². The topological polar surface area (TPSA) is 81.4 Å². The van der Waals surface area contributed by atoms with Crippen LogP contribution in [0.3, 0.4) is 0 Å². The van der Waals surface area contributed by atoms with Gasteiger partial charge in [0.1, 0.15) is 5.69 Å². The first kappa shape index (κ1) is 26.4. The van der Waals surface area contributed by atoms with Gasteiger partial charge in [0.2, 0.25) is 0 Å². The standard InChI is InChI=1S/C28H34F2N6O/c1-18(2)9-14-24-25(26(29)30)35(16-15-19(3)4)28(37)36(24)17-20-10-12-21(13-11-20)22-7-5-6-8-23(22)27-31-33-34-32-27/h5-8,10-13,18-19,26H,9,14-17H2,1-4H3,(H,31,32,33,34). The Balaban J connectivity index is 1.69. The molecule has 4 rings (SSSR count). The first-order valence-electron chi connectivity index (χ1n) is 12.8. The summed E-state index contributed by atoms with van der Waals surface area (Å²) in [6, 6.07) is 15.6. The molecule has 4 aromatic rings. The zero-order valence-corrected chi connectivity index (χ0v) is 21.8. The second kappa shape index (κ2) is 11.6. The van der Waals surface area contributed by atoms with Gasteiger partial charge in [-0.1, -0.05) is 76.2 Å². The molecule has 37 heavy (non-hydrogen) atoms. The highest BCUT2D eigenvalue weighted by molar-refractivity contribution is 5.80. The normalized spacial score (nSPS) is 11.8. The van der Waals surface area contributed by atoms with Crippen molar-refractivity contribution in [2.24, 2.45) is 11.8 Å². The summed E-state index contributed by atoms with van der Waals surface area (Å²) in [7, 11) is 0. The number of alkyl halides is 2. The molecule has 0 aliphatic heterocycles. The quantitative estimate of drug-likeness (QED) is 0.265. The molecule has 0 bridgehead atoms. The lowest BCUT2D eigenvalue weighted by Crippen LogP contribution is -2.26. The third-order valence-electron chi connectivity index (χ3n) is 6.60. The Hall–Kier alpha value is -3.62. The van der Waals surface area contributed by atoms with Gasteiger partial charge in [0.05, 0.1) is 6.54 Å². The van der Waals surface area contributed by atoms with Gasteiger partial charge < -0.3 is 0 Å². The monoisotopic (exact) mass is 508 g/mol. The van der Waals surface area contributed by atoms with Crippen LogP contribution < -0.4 is 5.69 Å². The van der Waals surface area contributed by atoms with E-state index in [1.54, 1.807) is 4.57 Å². The van der Waals surface area contributed by atoms with Crippen molar-refractivity contribution < 1.29 is 8.78 Å². The van der Waals surface area contributed by atoms with Crippen LogP contribution in [-0.2, 0) is 19.5 Å². The van der Waals surface area contributed by atoms with E-state index in [0.29, 0.717) is 42.7 Å². The fourth-order valence-corrected chi connectivity index (χ4v) is 4.54. The number of H-pyrrole nitrogens is 1. The molecule has 0 radical (unpaired) electrons. The summed E-state index contributed by atoms with van der Waals surface area (Å²) < 4.78 is 31.4. The van der Waals surface area contributed by atoms with E-state index in [9.17, 15) is 13.6 Å². The largest absolute Gasteiger partial charge is 0.329 e. The minimum absolute atomic E-state index is 0.127. The zero-order valence-electron chi connectivity index (χ0n) is 21.8. The van der Waals surface area contributed by atoms with E-state index in [1.165, 1.54) is 4.57 Å². The minimum Gasteiger partial charge on any atom is -0.291 e. The Kier molecular flexibility index (Phi) is 8.31. The van der Waals surface area contributed by atoms with E-state index >= 15 is 0 Å². The number of nitrogens with zero attached hydrogens (tertiary/aromatic N) is 5. The maximum absolute atomic E-state index is 14.3. The van der Waals surface area contributed by atoms with E-state index in [0.717, 1.165) is 28.7 Å². The number of aromatic nitrogens is 6. The third-order valence-corrected chi connectivity index (χ3v) is 6.60. The van der Waals surface area contributed by atoms with Crippen LogP contribution in [0.1, 0.15) is 63.9 Å². The molecule has 0 amide bonds. The van der Waals surface area contributed by atoms with E-state index in [-0.39, 0.29) is 17.9 Å². The number of imidazole rings is 1. The van der Waals surface area contributed by atoms with Gasteiger partial charge in [0.15, 0.2) is 5.82 Å². The number of tetrazole rings is 1. The number of nitrogens with one attached hydrogen (secondary N) is 1. The Morgan fingerprint density at radius 2 is 1.57 bits per heavy atom. The van der Waals surface area contributed by atoms with Crippen molar-refractivity contribution in [2.45, 2.75) is 66.5 Å². The van der Waals surface area contributed by atoms with Gasteiger partial charge in [0, 0.05) is 17.8 Å². The summed E-state index contributed by atoms with van der Waals surface area (Å²) in [5, 5.41) is 14.2. The maximum Gasteiger partial charge on any atom is 0.329 e. The smallest absolute Gasteiger partial charge is 0.291 e. The van der Waals surface area contributed by atoms with Gasteiger partial charge in [-0.15, -0.1) is 5.10 Å². The Bertz CT molecular complexity index is 1350. The first-order chi connectivity index (χ1) is 17.8. The number of aromatic amines is 1. The highest BCUT2D eigenvalue weighted by Crippen LogP contribution is 2.30. The molecule has 0 aliphatic rings. The van der Waals surface area contributed by atoms with Gasteiger partial charge in [0.25, 0.3) is 6.43 Å². The van der Waals surface area contributed by atoms with E-state index in [1.807, 2.05) is 62.4 Å². The molecule has 0 spiro atoms. The molecule has 9 heteroatoms. The Labute approximate surface area is 215 Å². The molecule has 0 aliphatic carbocycles. The van der Waals surface area contributed by atoms with Crippen LogP contribution >= 0.6 is 0 Å². The van der Waals surface area contributed by atoms with Gasteiger partial charge in [-0.3, -0.25) is 9.13 Å². The number of hydrogen-bond acceptors (Lipinski definition) is 4. The number of rotatable bonds is 11. The minimum atomic E-state index is -2.70. The van der Waals surface area contributed by atoms with Crippen LogP contribution in [0.4, 0.5) is 8.78 Å². The Morgan fingerprint density at radius 1 is 0.892 bits per heavy atom. The molecule has 0 saturated carbocycles. The fourth-order valence-electron chi connectivity index (χ4n) is 4.54. The second-order valence-electron chi connectivity index (χ2n) is 10.3. The van der Waals surface area contributed by atoms with Gasteiger partial charge in [-0.2, -0.15) is 0 Å². The lowest BCUT2D eigenvalue weighted by molar-refractivity contribution is 0.138. The van der Waals surface area contributed by atoms with E-state index in [4.69, 9.17) is 0 Å². The van der Waals surface area contributed by atoms with Crippen LogP contribution in [0.25, 0.3) is 22.5 Å². The molecule has 196 valence electrons. The summed E-state index contributed by atoms with van der Waals surface area (Å²) in [6.45, 7) is 8.72. The molecule has 2 aromatic heterocycles. The van der Waals surface area contributed by atoms with Crippen LogP contribution in [0.15, 0.2) is 53.3 Å². The van der Waals surface area contributed by atoms with Crippen LogP contribution in [0.5, 0.6) is 0 Å². The van der Waals surface area contributed by atoms with Crippen molar-refractivity contribution in [3.05, 3.63) is 76.0 Å². The molecule has 7 nitrogen and oxygen atoms in total. The number of benzene rings is 2. The maximum atomic E-state index is 14.3. The molecule has 0 saturated heterocycles. The van der Waals surface area contributed by atoms with Crippen molar-refractivity contribution >= 4 is 0 Å². The zero-order chi connectivity index (χ0) is 26.5. The summed E-state index contributed by atoms with van der Waals surface area (Å²) in [4.78, 5) is 13.4. The SMILES string of the molecule is CC(C)CCc1c(C(F)F)n(CCC(C)C)c(=O)n1Cc1ccc(-c2ccccc2-c2nnn[nH]2)cc1. The lowest BCUT2D eigenvalue weighted by atomic mass is 9.98. The molecule has 0 fully saturated rings. The van der Waals surface area contributed by atoms with Crippen molar-refractivity contribution in [1.82, 2.24) is 29.8 Å². The Morgan fingerprint density at radius 3 is 2.16 bits per heavy atom. The van der Waals surface area contributed by atoms with Gasteiger partial charge in [-0.05, 0) is 58.2 Å². The van der Waals surface area contributed by atoms with Crippen molar-refractivity contribution in [3.8, 4) is 22.5 Å². The second-order valence-corrected chi connectivity index (χ2v) is 10.3. The summed E-state index contributed by atoms with van der Waals surface area (Å²) in [5.74, 6) is 1.22. The van der Waals surface area contributed by atoms with Crippen LogP contribution in [-0.4, -0.2) is 29.8 Å². The van der Waals surface area contributed by atoms with Crippen LogP contribution in [0, 0.1) is 11.8 Å². The molecule has 2 aromatic carbocycles. The molecule has 2 heterocycles. The summed E-state index contributed by atoms with van der Waals surface area (Å²) in [5.41, 5.74) is 3.63. The highest BCUT2D eigenvalue weighted by Gasteiger charge is 2.26. The molecular weight excluding hydrogens is 474 g/mol. The van der Waals surface area contributed by atoms with Crippen molar-refractivity contribution in [2.75, 3.05) is 0 Å².